The fourth-order valence-corrected chi connectivity index (χ4v) is 3.03. The lowest BCUT2D eigenvalue weighted by atomic mass is 9.94. The standard InChI is InChI=1S/C17H26N2O2/c1-2-21-17(20)15-9-6-10-19(12-15)13-16(11-18)14-7-4-3-5-8-14/h3-5,7-8,15-16H,2,6,9-13,18H2,1H3. The van der Waals surface area contributed by atoms with Crippen molar-refractivity contribution < 1.29 is 9.53 Å². The molecule has 1 aromatic carbocycles. The Morgan fingerprint density at radius 1 is 1.43 bits per heavy atom. The lowest BCUT2D eigenvalue weighted by Gasteiger charge is -2.33. The largest absolute Gasteiger partial charge is 0.466 e. The molecule has 21 heavy (non-hydrogen) atoms. The van der Waals surface area contributed by atoms with Gasteiger partial charge in [0.2, 0.25) is 0 Å². The highest BCUT2D eigenvalue weighted by atomic mass is 16.5. The van der Waals surface area contributed by atoms with Crippen molar-refractivity contribution in [3.63, 3.8) is 0 Å². The summed E-state index contributed by atoms with van der Waals surface area (Å²) in [6.45, 7) is 5.70. The number of hydrogen-bond donors (Lipinski definition) is 1. The number of benzene rings is 1. The molecule has 0 bridgehead atoms. The summed E-state index contributed by atoms with van der Waals surface area (Å²) in [6.07, 6.45) is 1.99. The van der Waals surface area contributed by atoms with E-state index in [0.717, 1.165) is 32.5 Å². The molecule has 2 N–H and O–H groups in total. The van der Waals surface area contributed by atoms with E-state index in [2.05, 4.69) is 29.2 Å². The molecule has 1 aromatic rings. The highest BCUT2D eigenvalue weighted by Crippen LogP contribution is 2.22. The molecule has 1 aliphatic rings. The van der Waals surface area contributed by atoms with Crippen molar-refractivity contribution >= 4 is 5.97 Å². The third-order valence-electron chi connectivity index (χ3n) is 4.16. The minimum atomic E-state index is -0.0498. The second-order valence-electron chi connectivity index (χ2n) is 5.69. The molecule has 116 valence electrons. The van der Waals surface area contributed by atoms with Gasteiger partial charge in [0.05, 0.1) is 12.5 Å². The number of piperidine rings is 1. The molecule has 0 spiro atoms. The van der Waals surface area contributed by atoms with Gasteiger partial charge in [-0.25, -0.2) is 0 Å². The maximum absolute atomic E-state index is 11.9. The van der Waals surface area contributed by atoms with Crippen LogP contribution in [0.25, 0.3) is 0 Å². The average molecular weight is 290 g/mol. The summed E-state index contributed by atoms with van der Waals surface area (Å²) >= 11 is 0. The molecular formula is C17H26N2O2. The first-order chi connectivity index (χ1) is 10.2. The Labute approximate surface area is 127 Å². The van der Waals surface area contributed by atoms with Crippen LogP contribution < -0.4 is 5.73 Å². The van der Waals surface area contributed by atoms with Gasteiger partial charge < -0.3 is 15.4 Å². The van der Waals surface area contributed by atoms with Crippen LogP contribution in [0.15, 0.2) is 30.3 Å². The highest BCUT2D eigenvalue weighted by molar-refractivity contribution is 5.72. The number of ether oxygens (including phenoxy) is 1. The summed E-state index contributed by atoms with van der Waals surface area (Å²) in [4.78, 5) is 14.3. The first-order valence-electron chi connectivity index (χ1n) is 7.88. The van der Waals surface area contributed by atoms with Gasteiger partial charge in [0, 0.05) is 25.6 Å². The van der Waals surface area contributed by atoms with Crippen LogP contribution in [-0.2, 0) is 9.53 Å². The Kier molecular flexibility index (Phi) is 6.21. The molecule has 2 unspecified atom stereocenters. The van der Waals surface area contributed by atoms with Crippen molar-refractivity contribution in [2.24, 2.45) is 11.7 Å². The topological polar surface area (TPSA) is 55.6 Å². The van der Waals surface area contributed by atoms with E-state index in [1.54, 1.807) is 0 Å². The summed E-state index contributed by atoms with van der Waals surface area (Å²) in [6, 6.07) is 10.4. The number of likely N-dealkylation sites (tertiary alicyclic amines) is 1. The SMILES string of the molecule is CCOC(=O)C1CCCN(CC(CN)c2ccccc2)C1. The molecule has 2 rings (SSSR count). The van der Waals surface area contributed by atoms with Crippen LogP contribution >= 0.6 is 0 Å². The van der Waals surface area contributed by atoms with Gasteiger partial charge in [-0.3, -0.25) is 4.79 Å². The quantitative estimate of drug-likeness (QED) is 0.814. The molecule has 0 radical (unpaired) electrons. The van der Waals surface area contributed by atoms with E-state index in [1.807, 2.05) is 13.0 Å². The molecule has 0 saturated carbocycles. The predicted molar refractivity (Wildman–Crippen MR) is 84.0 cm³/mol. The highest BCUT2D eigenvalue weighted by Gasteiger charge is 2.28. The molecule has 1 saturated heterocycles. The van der Waals surface area contributed by atoms with Gasteiger partial charge in [-0.2, -0.15) is 0 Å². The molecule has 1 aliphatic heterocycles. The average Bonchev–Trinajstić information content (AvgIpc) is 2.54. The zero-order valence-electron chi connectivity index (χ0n) is 12.8. The number of nitrogens with two attached hydrogens (primary N) is 1. The molecule has 4 heteroatoms. The fourth-order valence-electron chi connectivity index (χ4n) is 3.03. The summed E-state index contributed by atoms with van der Waals surface area (Å²) in [5.74, 6) is 0.297. The van der Waals surface area contributed by atoms with Gasteiger partial charge in [-0.05, 0) is 31.9 Å². The Hall–Kier alpha value is -1.39. The summed E-state index contributed by atoms with van der Waals surface area (Å²) in [5.41, 5.74) is 7.22. The Bertz CT molecular complexity index is 436. The van der Waals surface area contributed by atoms with Gasteiger partial charge >= 0.3 is 5.97 Å². The van der Waals surface area contributed by atoms with Crippen LogP contribution in [0.4, 0.5) is 0 Å². The van der Waals surface area contributed by atoms with Crippen LogP contribution in [0.2, 0.25) is 0 Å². The molecular weight excluding hydrogens is 264 g/mol. The normalized spacial score (nSPS) is 21.0. The van der Waals surface area contributed by atoms with Gasteiger partial charge in [-0.1, -0.05) is 30.3 Å². The second-order valence-corrected chi connectivity index (χ2v) is 5.69. The van der Waals surface area contributed by atoms with E-state index in [9.17, 15) is 4.79 Å². The monoisotopic (exact) mass is 290 g/mol. The first-order valence-corrected chi connectivity index (χ1v) is 7.88. The lowest BCUT2D eigenvalue weighted by Crippen LogP contribution is -2.42. The van der Waals surface area contributed by atoms with Crippen LogP contribution in [0.1, 0.15) is 31.2 Å². The van der Waals surface area contributed by atoms with Crippen molar-refractivity contribution in [1.29, 1.82) is 0 Å². The van der Waals surface area contributed by atoms with E-state index < -0.39 is 0 Å². The van der Waals surface area contributed by atoms with Crippen LogP contribution in [0.3, 0.4) is 0 Å². The minimum absolute atomic E-state index is 0.0212. The van der Waals surface area contributed by atoms with Crippen LogP contribution in [0, 0.1) is 5.92 Å². The number of hydrogen-bond acceptors (Lipinski definition) is 4. The number of nitrogens with zero attached hydrogens (tertiary/aromatic N) is 1. The van der Waals surface area contributed by atoms with Gasteiger partial charge in [0.15, 0.2) is 0 Å². The number of carbonyl (C=O) groups is 1. The minimum Gasteiger partial charge on any atom is -0.466 e. The van der Waals surface area contributed by atoms with Gasteiger partial charge in [-0.15, -0.1) is 0 Å². The van der Waals surface area contributed by atoms with Crippen LogP contribution in [0.5, 0.6) is 0 Å². The van der Waals surface area contributed by atoms with Crippen molar-refractivity contribution in [1.82, 2.24) is 4.90 Å². The second kappa shape index (κ2) is 8.15. The van der Waals surface area contributed by atoms with Crippen molar-refractivity contribution in [2.75, 3.05) is 32.8 Å². The smallest absolute Gasteiger partial charge is 0.310 e. The fraction of sp³-hybridized carbons (Fsp3) is 0.588. The number of rotatable bonds is 6. The van der Waals surface area contributed by atoms with Crippen LogP contribution in [-0.4, -0.2) is 43.7 Å². The van der Waals surface area contributed by atoms with E-state index >= 15 is 0 Å². The van der Waals surface area contributed by atoms with Crippen molar-refractivity contribution in [2.45, 2.75) is 25.7 Å². The zero-order valence-corrected chi connectivity index (χ0v) is 12.8. The molecule has 1 fully saturated rings. The maximum Gasteiger partial charge on any atom is 0.310 e. The van der Waals surface area contributed by atoms with Crippen molar-refractivity contribution in [3.05, 3.63) is 35.9 Å². The van der Waals surface area contributed by atoms with E-state index in [-0.39, 0.29) is 11.9 Å². The Morgan fingerprint density at radius 3 is 2.86 bits per heavy atom. The van der Waals surface area contributed by atoms with E-state index in [1.165, 1.54) is 5.56 Å². The van der Waals surface area contributed by atoms with E-state index in [0.29, 0.717) is 19.1 Å². The number of esters is 1. The maximum atomic E-state index is 11.9. The van der Waals surface area contributed by atoms with Gasteiger partial charge in [0.25, 0.3) is 0 Å². The molecule has 0 aliphatic carbocycles. The summed E-state index contributed by atoms with van der Waals surface area (Å²) < 4.78 is 5.16. The molecule has 2 atom stereocenters. The Balaban J connectivity index is 1.93. The first kappa shape index (κ1) is 16.0. The Morgan fingerprint density at radius 2 is 2.19 bits per heavy atom. The predicted octanol–water partition coefficient (Wildman–Crippen LogP) is 2.00. The summed E-state index contributed by atoms with van der Waals surface area (Å²) in [7, 11) is 0. The zero-order chi connectivity index (χ0) is 15.1. The van der Waals surface area contributed by atoms with Crippen molar-refractivity contribution in [3.8, 4) is 0 Å². The molecule has 4 nitrogen and oxygen atoms in total. The third-order valence-corrected chi connectivity index (χ3v) is 4.16. The molecule has 1 heterocycles. The van der Waals surface area contributed by atoms with E-state index in [4.69, 9.17) is 10.5 Å². The number of carbonyl (C=O) groups excluding carboxylic acids is 1. The third kappa shape index (κ3) is 4.55. The molecule has 0 amide bonds. The molecule has 0 aromatic heterocycles. The summed E-state index contributed by atoms with van der Waals surface area (Å²) in [5, 5.41) is 0. The van der Waals surface area contributed by atoms with Gasteiger partial charge in [0.1, 0.15) is 0 Å². The lowest BCUT2D eigenvalue weighted by molar-refractivity contribution is -0.149.